The zero-order chi connectivity index (χ0) is 13.0. The Morgan fingerprint density at radius 2 is 1.11 bits per heavy atom. The van der Waals surface area contributed by atoms with Crippen molar-refractivity contribution in [1.29, 1.82) is 0 Å². The Hall–Kier alpha value is -2.55. The van der Waals surface area contributed by atoms with Gasteiger partial charge in [0.05, 0.1) is 0 Å². The summed E-state index contributed by atoms with van der Waals surface area (Å²) in [4.78, 5) is 8.78. The van der Waals surface area contributed by atoms with Crippen LogP contribution in [0.2, 0.25) is 0 Å². The molecule has 3 nitrogen and oxygen atoms in total. The molecule has 0 unspecified atom stereocenters. The second-order valence-corrected chi connectivity index (χ2v) is 3.85. The first-order chi connectivity index (χ1) is 8.68. The molecule has 0 aliphatic rings. The van der Waals surface area contributed by atoms with E-state index in [1.54, 1.807) is 0 Å². The Morgan fingerprint density at radius 1 is 0.778 bits per heavy atom. The van der Waals surface area contributed by atoms with Crippen molar-refractivity contribution in [2.45, 2.75) is 0 Å². The lowest BCUT2D eigenvalue weighted by Gasteiger charge is -2.02. The molecule has 0 aromatic heterocycles. The molecule has 0 spiro atoms. The maximum atomic E-state index is 8.78. The number of hydrogen-bond donors (Lipinski definition) is 2. The first kappa shape index (κ1) is 11.9. The summed E-state index contributed by atoms with van der Waals surface area (Å²) in [6.45, 7) is 0. The molecule has 0 saturated heterocycles. The lowest BCUT2D eigenvalue weighted by Crippen LogP contribution is -2.03. The second kappa shape index (κ2) is 5.19. The van der Waals surface area contributed by atoms with Crippen LogP contribution >= 0.6 is 0 Å². The van der Waals surface area contributed by atoms with Crippen LogP contribution in [0, 0.1) is 0 Å². The van der Waals surface area contributed by atoms with Crippen LogP contribution in [-0.2, 0) is 0 Å². The predicted molar refractivity (Wildman–Crippen MR) is 73.7 cm³/mol. The van der Waals surface area contributed by atoms with Crippen LogP contribution < -0.4 is 5.73 Å². The molecule has 0 aliphatic carbocycles. The fraction of sp³-hybridized carbons (Fsp3) is 0. The van der Waals surface area contributed by atoms with Gasteiger partial charge in [0.1, 0.15) is 0 Å². The van der Waals surface area contributed by atoms with Crippen molar-refractivity contribution in [3.05, 3.63) is 60.7 Å². The third-order valence-corrected chi connectivity index (χ3v) is 2.65. The molecule has 3 aromatic rings. The summed E-state index contributed by atoms with van der Waals surface area (Å²) in [6.07, 6.45) is -1.33. The molecule has 0 atom stereocenters. The van der Waals surface area contributed by atoms with Gasteiger partial charge in [0.2, 0.25) is 0 Å². The average Bonchev–Trinajstić information content (AvgIpc) is 2.38. The highest BCUT2D eigenvalue weighted by molar-refractivity contribution is 6.07. The predicted octanol–water partition coefficient (Wildman–Crippen LogP) is 3.62. The zero-order valence-corrected chi connectivity index (χ0v) is 9.71. The van der Waals surface area contributed by atoms with Gasteiger partial charge in [-0.05, 0) is 21.5 Å². The molecule has 1 amide bonds. The van der Waals surface area contributed by atoms with E-state index in [0.29, 0.717) is 0 Å². The zero-order valence-electron chi connectivity index (χ0n) is 9.71. The third-order valence-electron chi connectivity index (χ3n) is 2.65. The number of amides is 1. The lowest BCUT2D eigenvalue weighted by molar-refractivity contribution is 0.205. The van der Waals surface area contributed by atoms with E-state index in [-0.39, 0.29) is 0 Å². The van der Waals surface area contributed by atoms with Crippen LogP contribution in [-0.4, -0.2) is 11.2 Å². The summed E-state index contributed by atoms with van der Waals surface area (Å²) in [5, 5.41) is 12.5. The van der Waals surface area contributed by atoms with Gasteiger partial charge in [0, 0.05) is 0 Å². The second-order valence-electron chi connectivity index (χ2n) is 3.85. The normalized spacial score (nSPS) is 9.78. The van der Waals surface area contributed by atoms with Gasteiger partial charge in [-0.1, -0.05) is 60.7 Å². The van der Waals surface area contributed by atoms with Gasteiger partial charge < -0.3 is 10.8 Å². The van der Waals surface area contributed by atoms with Crippen molar-refractivity contribution in [2.75, 3.05) is 0 Å². The summed E-state index contributed by atoms with van der Waals surface area (Å²) in [7, 11) is 0. The van der Waals surface area contributed by atoms with Gasteiger partial charge in [-0.2, -0.15) is 0 Å². The molecule has 0 bridgehead atoms. The highest BCUT2D eigenvalue weighted by Crippen LogP contribution is 2.24. The molecule has 3 heteroatoms. The fourth-order valence-electron chi connectivity index (χ4n) is 1.95. The Bertz CT molecular complexity index is 633. The standard InChI is InChI=1S/C14H10.CH3NO2/c1-3-7-13-11(5-1)9-10-12-6-2-4-8-14(12)13;2-1(3)4/h1-10H;2H2,(H,3,4). The Labute approximate surface area is 104 Å². The Kier molecular flexibility index (Phi) is 3.44. The summed E-state index contributed by atoms with van der Waals surface area (Å²) < 4.78 is 0. The topological polar surface area (TPSA) is 63.3 Å². The van der Waals surface area contributed by atoms with E-state index < -0.39 is 6.09 Å². The third kappa shape index (κ3) is 2.58. The van der Waals surface area contributed by atoms with Crippen LogP contribution in [0.4, 0.5) is 4.79 Å². The Morgan fingerprint density at radius 3 is 1.50 bits per heavy atom. The van der Waals surface area contributed by atoms with E-state index in [1.807, 2.05) is 0 Å². The number of carboxylic acid groups (broad SMARTS) is 1. The first-order valence-electron chi connectivity index (χ1n) is 5.53. The quantitative estimate of drug-likeness (QED) is 0.588. The molecule has 0 heterocycles. The maximum Gasteiger partial charge on any atom is 0.402 e. The van der Waals surface area contributed by atoms with Gasteiger partial charge in [-0.25, -0.2) is 4.79 Å². The summed E-state index contributed by atoms with van der Waals surface area (Å²) in [6, 6.07) is 21.4. The van der Waals surface area contributed by atoms with Crippen molar-refractivity contribution in [3.8, 4) is 0 Å². The molecule has 3 N–H and O–H groups in total. The van der Waals surface area contributed by atoms with E-state index in [0.717, 1.165) is 0 Å². The van der Waals surface area contributed by atoms with Gasteiger partial charge in [0.15, 0.2) is 0 Å². The Balaban J connectivity index is 0.000000267. The maximum absolute atomic E-state index is 8.78. The summed E-state index contributed by atoms with van der Waals surface area (Å²) in [5.74, 6) is 0. The van der Waals surface area contributed by atoms with Crippen LogP contribution in [0.5, 0.6) is 0 Å². The van der Waals surface area contributed by atoms with Crippen LogP contribution in [0.1, 0.15) is 0 Å². The molecule has 3 rings (SSSR count). The van der Waals surface area contributed by atoms with Gasteiger partial charge in [-0.3, -0.25) is 0 Å². The van der Waals surface area contributed by atoms with Crippen LogP contribution in [0.15, 0.2) is 60.7 Å². The van der Waals surface area contributed by atoms with Crippen LogP contribution in [0.3, 0.4) is 0 Å². The van der Waals surface area contributed by atoms with E-state index in [4.69, 9.17) is 9.90 Å². The van der Waals surface area contributed by atoms with Crippen molar-refractivity contribution < 1.29 is 9.90 Å². The highest BCUT2D eigenvalue weighted by atomic mass is 16.4. The minimum Gasteiger partial charge on any atom is -0.465 e. The molecular formula is C15H13NO2. The fourth-order valence-corrected chi connectivity index (χ4v) is 1.95. The number of fused-ring (bicyclic) bond motifs is 3. The van der Waals surface area contributed by atoms with Crippen molar-refractivity contribution >= 4 is 27.6 Å². The number of hydrogen-bond acceptors (Lipinski definition) is 1. The molecule has 3 aromatic carbocycles. The molecule has 0 fully saturated rings. The summed E-state index contributed by atoms with van der Waals surface area (Å²) in [5.41, 5.74) is 4.03. The molecule has 0 saturated carbocycles. The van der Waals surface area contributed by atoms with Crippen molar-refractivity contribution in [2.24, 2.45) is 5.73 Å². The number of benzene rings is 3. The monoisotopic (exact) mass is 239 g/mol. The smallest absolute Gasteiger partial charge is 0.402 e. The van der Waals surface area contributed by atoms with Crippen molar-refractivity contribution in [3.63, 3.8) is 0 Å². The molecule has 0 aliphatic heterocycles. The van der Waals surface area contributed by atoms with E-state index in [2.05, 4.69) is 66.4 Å². The van der Waals surface area contributed by atoms with E-state index in [9.17, 15) is 0 Å². The lowest BCUT2D eigenvalue weighted by atomic mass is 10.0. The molecular weight excluding hydrogens is 226 g/mol. The van der Waals surface area contributed by atoms with Gasteiger partial charge in [-0.15, -0.1) is 0 Å². The number of primary amides is 1. The van der Waals surface area contributed by atoms with Gasteiger partial charge in [0.25, 0.3) is 0 Å². The minimum absolute atomic E-state index is 1.31. The van der Waals surface area contributed by atoms with Crippen LogP contribution in [0.25, 0.3) is 21.5 Å². The first-order valence-corrected chi connectivity index (χ1v) is 5.53. The molecule has 18 heavy (non-hydrogen) atoms. The summed E-state index contributed by atoms with van der Waals surface area (Å²) >= 11 is 0. The average molecular weight is 239 g/mol. The molecule has 90 valence electrons. The largest absolute Gasteiger partial charge is 0.465 e. The molecule has 0 radical (unpaired) electrons. The number of nitrogens with two attached hydrogens (primary N) is 1. The number of rotatable bonds is 0. The highest BCUT2D eigenvalue weighted by Gasteiger charge is 1.97. The van der Waals surface area contributed by atoms with E-state index >= 15 is 0 Å². The SMILES string of the molecule is NC(=O)O.c1ccc2c(c1)ccc1ccccc12. The van der Waals surface area contributed by atoms with E-state index in [1.165, 1.54) is 21.5 Å². The number of carbonyl (C=O) groups is 1. The van der Waals surface area contributed by atoms with Crippen molar-refractivity contribution in [1.82, 2.24) is 0 Å². The minimum atomic E-state index is -1.33. The van der Waals surface area contributed by atoms with Gasteiger partial charge >= 0.3 is 6.09 Å².